The molecule has 0 aliphatic carbocycles. The van der Waals surface area contributed by atoms with Crippen molar-refractivity contribution in [2.24, 2.45) is 0 Å². The highest BCUT2D eigenvalue weighted by Gasteiger charge is 2.49. The highest BCUT2D eigenvalue weighted by atomic mass is 35.5. The van der Waals surface area contributed by atoms with Gasteiger partial charge in [0.25, 0.3) is 0 Å². The number of rotatable bonds is 5. The lowest BCUT2D eigenvalue weighted by atomic mass is 10.0. The van der Waals surface area contributed by atoms with Crippen LogP contribution in [0.4, 0.5) is 5.69 Å². The first-order valence-corrected chi connectivity index (χ1v) is 11.8. The van der Waals surface area contributed by atoms with Crippen molar-refractivity contribution >= 4 is 33.0 Å². The molecule has 0 N–H and O–H groups in total. The number of piperazine rings is 1. The number of hydrogen-bond donors (Lipinski definition) is 0. The molecule has 29 heavy (non-hydrogen) atoms. The quantitative estimate of drug-likeness (QED) is 0.723. The molecule has 1 amide bonds. The monoisotopic (exact) mass is 434 g/mol. The number of amides is 1. The number of sulfone groups is 1. The lowest BCUT2D eigenvalue weighted by Gasteiger charge is -2.43. The maximum absolute atomic E-state index is 13.1. The molecule has 2 heterocycles. The van der Waals surface area contributed by atoms with E-state index < -0.39 is 15.9 Å². The van der Waals surface area contributed by atoms with E-state index >= 15 is 0 Å². The summed E-state index contributed by atoms with van der Waals surface area (Å²) in [5.74, 6) is 0.668. The normalized spacial score (nSPS) is 23.8. The topological polar surface area (TPSA) is 66.9 Å². The Labute approximate surface area is 175 Å². The predicted octanol–water partition coefficient (Wildman–Crippen LogP) is 2.75. The Morgan fingerprint density at radius 1 is 1.03 bits per heavy atom. The highest BCUT2D eigenvalue weighted by Crippen LogP contribution is 2.33. The van der Waals surface area contributed by atoms with Crippen molar-refractivity contribution in [3.63, 3.8) is 0 Å². The first-order chi connectivity index (χ1) is 13.9. The van der Waals surface area contributed by atoms with E-state index in [0.717, 1.165) is 11.3 Å². The molecule has 0 bridgehead atoms. The number of carbonyl (C=O) groups is 1. The fraction of sp³-hybridized carbons (Fsp3) is 0.381. The Bertz CT molecular complexity index is 992. The van der Waals surface area contributed by atoms with Gasteiger partial charge in [-0.15, -0.1) is 0 Å². The molecule has 2 aromatic carbocycles. The average Bonchev–Trinajstić information content (AvgIpc) is 3.00. The Morgan fingerprint density at radius 3 is 2.34 bits per heavy atom. The molecule has 2 atom stereocenters. The third-order valence-electron chi connectivity index (χ3n) is 5.43. The summed E-state index contributed by atoms with van der Waals surface area (Å²) >= 11 is 5.96. The molecule has 2 aromatic rings. The van der Waals surface area contributed by atoms with E-state index in [4.69, 9.17) is 16.3 Å². The van der Waals surface area contributed by atoms with E-state index in [-0.39, 0.29) is 30.0 Å². The van der Waals surface area contributed by atoms with Crippen LogP contribution in [0.15, 0.2) is 48.5 Å². The summed E-state index contributed by atoms with van der Waals surface area (Å²) in [5.41, 5.74) is 1.71. The first kappa shape index (κ1) is 20.2. The zero-order valence-electron chi connectivity index (χ0n) is 16.1. The molecular weight excluding hydrogens is 412 g/mol. The van der Waals surface area contributed by atoms with Crippen molar-refractivity contribution < 1.29 is 17.9 Å². The van der Waals surface area contributed by atoms with Crippen molar-refractivity contribution in [2.45, 2.75) is 25.6 Å². The zero-order valence-corrected chi connectivity index (χ0v) is 17.7. The Balaban J connectivity index is 1.61. The van der Waals surface area contributed by atoms with Crippen LogP contribution in [0, 0.1) is 0 Å². The number of benzene rings is 2. The summed E-state index contributed by atoms with van der Waals surface area (Å²) in [6, 6.07) is 14.0. The van der Waals surface area contributed by atoms with Crippen LogP contribution >= 0.6 is 11.6 Å². The molecule has 0 unspecified atom stereocenters. The second kappa shape index (κ2) is 7.97. The van der Waals surface area contributed by atoms with E-state index in [1.54, 1.807) is 17.0 Å². The van der Waals surface area contributed by atoms with Crippen LogP contribution in [0.5, 0.6) is 5.75 Å². The Hall–Kier alpha value is -2.09. The average molecular weight is 435 g/mol. The van der Waals surface area contributed by atoms with Gasteiger partial charge in [0.2, 0.25) is 5.91 Å². The molecule has 2 fully saturated rings. The second-order valence-electron chi connectivity index (χ2n) is 7.43. The molecule has 2 aliphatic rings. The minimum Gasteiger partial charge on any atom is -0.494 e. The molecule has 0 aromatic heterocycles. The van der Waals surface area contributed by atoms with E-state index in [9.17, 15) is 13.2 Å². The largest absolute Gasteiger partial charge is 0.494 e. The van der Waals surface area contributed by atoms with Crippen LogP contribution in [-0.4, -0.2) is 56.0 Å². The van der Waals surface area contributed by atoms with Crippen LogP contribution in [0.2, 0.25) is 5.02 Å². The number of fused-ring (bicyclic) bond motifs is 1. The van der Waals surface area contributed by atoms with Gasteiger partial charge in [0.1, 0.15) is 5.75 Å². The van der Waals surface area contributed by atoms with Gasteiger partial charge in [-0.1, -0.05) is 23.7 Å². The fourth-order valence-corrected chi connectivity index (χ4v) is 6.27. The van der Waals surface area contributed by atoms with Gasteiger partial charge in [0.15, 0.2) is 9.84 Å². The minimum atomic E-state index is -3.22. The van der Waals surface area contributed by atoms with Gasteiger partial charge in [0, 0.05) is 23.3 Å². The molecule has 0 radical (unpaired) electrons. The third-order valence-corrected chi connectivity index (χ3v) is 7.38. The number of ether oxygens (including phenoxy) is 1. The molecule has 0 spiro atoms. The molecule has 154 valence electrons. The smallest absolute Gasteiger partial charge is 0.241 e. The lowest BCUT2D eigenvalue weighted by molar-refractivity contribution is -0.123. The second-order valence-corrected chi connectivity index (χ2v) is 10.0. The van der Waals surface area contributed by atoms with Crippen LogP contribution in [-0.2, 0) is 21.2 Å². The number of hydrogen-bond acceptors (Lipinski definition) is 5. The Morgan fingerprint density at radius 2 is 1.69 bits per heavy atom. The van der Waals surface area contributed by atoms with E-state index in [0.29, 0.717) is 23.9 Å². The number of anilines is 1. The maximum Gasteiger partial charge on any atom is 0.241 e. The van der Waals surface area contributed by atoms with Gasteiger partial charge < -0.3 is 9.64 Å². The van der Waals surface area contributed by atoms with Crippen LogP contribution in [0.3, 0.4) is 0 Å². The summed E-state index contributed by atoms with van der Waals surface area (Å²) in [4.78, 5) is 16.7. The van der Waals surface area contributed by atoms with Crippen LogP contribution in [0.1, 0.15) is 12.5 Å². The van der Waals surface area contributed by atoms with Gasteiger partial charge in [-0.25, -0.2) is 8.42 Å². The van der Waals surface area contributed by atoms with Crippen molar-refractivity contribution in [3.05, 3.63) is 59.1 Å². The predicted molar refractivity (Wildman–Crippen MR) is 113 cm³/mol. The molecule has 2 aliphatic heterocycles. The molecule has 8 heteroatoms. The van der Waals surface area contributed by atoms with E-state index in [2.05, 4.69) is 0 Å². The molecule has 4 rings (SSSR count). The SMILES string of the molecule is CCOc1ccc(N2C(=O)CN(Cc3ccc(Cl)cc3)[C@@H]3CS(=O)(=O)C[C@@H]32)cc1. The fourth-order valence-electron chi connectivity index (χ4n) is 4.16. The third kappa shape index (κ3) is 4.27. The van der Waals surface area contributed by atoms with Crippen LogP contribution < -0.4 is 9.64 Å². The maximum atomic E-state index is 13.1. The number of carbonyl (C=O) groups excluding carboxylic acids is 1. The van der Waals surface area contributed by atoms with Gasteiger partial charge in [0.05, 0.1) is 30.7 Å². The van der Waals surface area contributed by atoms with Gasteiger partial charge in [-0.2, -0.15) is 0 Å². The molecular formula is C21H23ClN2O4S. The molecule has 2 saturated heterocycles. The van der Waals surface area contributed by atoms with Crippen molar-refractivity contribution in [3.8, 4) is 5.75 Å². The van der Waals surface area contributed by atoms with Gasteiger partial charge in [-0.3, -0.25) is 9.69 Å². The van der Waals surface area contributed by atoms with E-state index in [1.807, 2.05) is 48.2 Å². The highest BCUT2D eigenvalue weighted by molar-refractivity contribution is 7.91. The lowest BCUT2D eigenvalue weighted by Crippen LogP contribution is -2.61. The standard InChI is InChI=1S/C21H23ClN2O4S/c1-2-28-18-9-7-17(8-10-18)24-20-14-29(26,27)13-19(20)23(12-21(24)25)11-15-3-5-16(22)6-4-15/h3-10,19-20H,2,11-14H2,1H3/t19-,20+/m1/s1. The zero-order chi connectivity index (χ0) is 20.6. The van der Waals surface area contributed by atoms with E-state index in [1.165, 1.54) is 0 Å². The minimum absolute atomic E-state index is 0.0201. The van der Waals surface area contributed by atoms with Crippen LogP contribution in [0.25, 0.3) is 0 Å². The van der Waals surface area contributed by atoms with Crippen molar-refractivity contribution in [1.82, 2.24) is 4.90 Å². The summed E-state index contributed by atoms with van der Waals surface area (Å²) in [6.45, 7) is 3.15. The molecule has 6 nitrogen and oxygen atoms in total. The summed E-state index contributed by atoms with van der Waals surface area (Å²) in [7, 11) is -3.22. The summed E-state index contributed by atoms with van der Waals surface area (Å²) in [5, 5.41) is 0.645. The molecule has 0 saturated carbocycles. The number of halogens is 1. The first-order valence-electron chi connectivity index (χ1n) is 9.60. The summed E-state index contributed by atoms with van der Waals surface area (Å²) < 4.78 is 30.4. The van der Waals surface area contributed by atoms with Gasteiger partial charge in [-0.05, 0) is 48.9 Å². The Kier molecular flexibility index (Phi) is 5.55. The van der Waals surface area contributed by atoms with Crippen molar-refractivity contribution in [2.75, 3.05) is 29.6 Å². The number of nitrogens with zero attached hydrogens (tertiary/aromatic N) is 2. The van der Waals surface area contributed by atoms with Crippen molar-refractivity contribution in [1.29, 1.82) is 0 Å². The van der Waals surface area contributed by atoms with Gasteiger partial charge >= 0.3 is 0 Å². The summed E-state index contributed by atoms with van der Waals surface area (Å²) in [6.07, 6.45) is 0.